The molecule has 0 atom stereocenters. The molecule has 0 saturated carbocycles. The van der Waals surface area contributed by atoms with Gasteiger partial charge in [0.25, 0.3) is 0 Å². The maximum atomic E-state index is 13.6. The van der Waals surface area contributed by atoms with Crippen molar-refractivity contribution in [1.82, 2.24) is 14.8 Å². The van der Waals surface area contributed by atoms with Crippen molar-refractivity contribution in [2.45, 2.75) is 20.4 Å². The predicted molar refractivity (Wildman–Crippen MR) is 78.3 cm³/mol. The van der Waals surface area contributed by atoms with Crippen LogP contribution in [0.25, 0.3) is 22.2 Å². The maximum absolute atomic E-state index is 13.6. The van der Waals surface area contributed by atoms with Gasteiger partial charge in [0.2, 0.25) is 0 Å². The van der Waals surface area contributed by atoms with Gasteiger partial charge >= 0.3 is 0 Å². The SMILES string of the molecule is CCn1cc(-c2cc(C)c3cc(Cl)c(F)cc3n2)cn1. The Hall–Kier alpha value is -1.94. The van der Waals surface area contributed by atoms with Crippen LogP contribution in [0.2, 0.25) is 5.02 Å². The highest BCUT2D eigenvalue weighted by molar-refractivity contribution is 6.31. The summed E-state index contributed by atoms with van der Waals surface area (Å²) in [5.74, 6) is -0.451. The number of aromatic nitrogens is 3. The number of halogens is 2. The Morgan fingerprint density at radius 3 is 2.80 bits per heavy atom. The van der Waals surface area contributed by atoms with Crippen LogP contribution in [0.3, 0.4) is 0 Å². The number of rotatable bonds is 2. The molecule has 3 nitrogen and oxygen atoms in total. The lowest BCUT2D eigenvalue weighted by atomic mass is 10.1. The van der Waals surface area contributed by atoms with Crippen LogP contribution in [0.5, 0.6) is 0 Å². The second-order valence-corrected chi connectivity index (χ2v) is 5.10. The van der Waals surface area contributed by atoms with E-state index < -0.39 is 5.82 Å². The van der Waals surface area contributed by atoms with Crippen LogP contribution in [0.4, 0.5) is 4.39 Å². The third-order valence-electron chi connectivity index (χ3n) is 3.31. The van der Waals surface area contributed by atoms with Crippen molar-refractivity contribution in [3.05, 3.63) is 47.0 Å². The second-order valence-electron chi connectivity index (χ2n) is 4.69. The van der Waals surface area contributed by atoms with Crippen LogP contribution in [0.1, 0.15) is 12.5 Å². The topological polar surface area (TPSA) is 30.7 Å². The highest BCUT2D eigenvalue weighted by Gasteiger charge is 2.10. The van der Waals surface area contributed by atoms with Gasteiger partial charge in [-0.25, -0.2) is 9.37 Å². The molecule has 0 aliphatic heterocycles. The molecule has 0 amide bonds. The van der Waals surface area contributed by atoms with E-state index in [-0.39, 0.29) is 5.02 Å². The monoisotopic (exact) mass is 289 g/mol. The standard InChI is InChI=1S/C15H13ClFN3/c1-3-20-8-10(7-18-20)14-4-9(2)11-5-12(16)13(17)6-15(11)19-14/h4-8H,3H2,1-2H3. The Balaban J connectivity index is 2.20. The number of pyridine rings is 1. The molecule has 3 rings (SSSR count). The number of aryl methyl sites for hydroxylation is 2. The van der Waals surface area contributed by atoms with Gasteiger partial charge in [-0.1, -0.05) is 11.6 Å². The van der Waals surface area contributed by atoms with Gasteiger partial charge in [-0.15, -0.1) is 0 Å². The number of fused-ring (bicyclic) bond motifs is 1. The third kappa shape index (κ3) is 2.16. The normalized spacial score (nSPS) is 11.2. The van der Waals surface area contributed by atoms with Crippen LogP contribution < -0.4 is 0 Å². The Labute approximate surface area is 121 Å². The minimum absolute atomic E-state index is 0.119. The summed E-state index contributed by atoms with van der Waals surface area (Å²) in [6.07, 6.45) is 3.70. The molecule has 5 heteroatoms. The fraction of sp³-hybridized carbons (Fsp3) is 0.200. The number of hydrogen-bond donors (Lipinski definition) is 0. The van der Waals surface area contributed by atoms with E-state index in [1.54, 1.807) is 12.3 Å². The van der Waals surface area contributed by atoms with Crippen LogP contribution >= 0.6 is 11.6 Å². The van der Waals surface area contributed by atoms with Crippen LogP contribution in [0, 0.1) is 12.7 Å². The zero-order valence-electron chi connectivity index (χ0n) is 11.2. The minimum atomic E-state index is -0.451. The largest absolute Gasteiger partial charge is 0.272 e. The van der Waals surface area contributed by atoms with E-state index in [2.05, 4.69) is 10.1 Å². The molecule has 0 saturated heterocycles. The molecule has 0 spiro atoms. The molecule has 1 aromatic carbocycles. The Bertz CT molecular complexity index is 795. The molecule has 0 aliphatic carbocycles. The molecule has 2 aromatic heterocycles. The predicted octanol–water partition coefficient (Wildman–Crippen LogP) is 4.22. The fourth-order valence-electron chi connectivity index (χ4n) is 2.21. The average Bonchev–Trinajstić information content (AvgIpc) is 2.90. The molecule has 0 fully saturated rings. The summed E-state index contributed by atoms with van der Waals surface area (Å²) in [6, 6.07) is 4.96. The third-order valence-corrected chi connectivity index (χ3v) is 3.60. The molecule has 0 bridgehead atoms. The Kier molecular flexibility index (Phi) is 3.18. The summed E-state index contributed by atoms with van der Waals surface area (Å²) < 4.78 is 15.4. The molecular weight excluding hydrogens is 277 g/mol. The maximum Gasteiger partial charge on any atom is 0.143 e. The molecule has 0 N–H and O–H groups in total. The van der Waals surface area contributed by atoms with E-state index in [0.717, 1.165) is 28.8 Å². The second kappa shape index (κ2) is 4.87. The van der Waals surface area contributed by atoms with Crippen molar-refractivity contribution in [3.63, 3.8) is 0 Å². The first-order valence-electron chi connectivity index (χ1n) is 6.37. The lowest BCUT2D eigenvalue weighted by molar-refractivity contribution is 0.630. The zero-order chi connectivity index (χ0) is 14.3. The van der Waals surface area contributed by atoms with E-state index in [4.69, 9.17) is 11.6 Å². The van der Waals surface area contributed by atoms with E-state index in [1.165, 1.54) is 6.07 Å². The van der Waals surface area contributed by atoms with Gasteiger partial charge in [-0.05, 0) is 31.5 Å². The summed E-state index contributed by atoms with van der Waals surface area (Å²) in [5, 5.41) is 5.22. The molecule has 0 aliphatic rings. The van der Waals surface area contributed by atoms with E-state index in [9.17, 15) is 4.39 Å². The van der Waals surface area contributed by atoms with Crippen LogP contribution in [0.15, 0.2) is 30.6 Å². The van der Waals surface area contributed by atoms with Crippen LogP contribution in [-0.2, 0) is 6.54 Å². The summed E-state index contributed by atoms with van der Waals surface area (Å²) in [5.41, 5.74) is 3.32. The van der Waals surface area contributed by atoms with Crippen molar-refractivity contribution < 1.29 is 4.39 Å². The number of hydrogen-bond acceptors (Lipinski definition) is 2. The van der Waals surface area contributed by atoms with Crippen molar-refractivity contribution in [2.24, 2.45) is 0 Å². The molecule has 2 heterocycles. The lowest BCUT2D eigenvalue weighted by Gasteiger charge is -2.06. The van der Waals surface area contributed by atoms with Gasteiger partial charge in [0.15, 0.2) is 0 Å². The molecule has 0 radical (unpaired) electrons. The molecule has 102 valence electrons. The van der Waals surface area contributed by atoms with Crippen molar-refractivity contribution in [3.8, 4) is 11.3 Å². The molecular formula is C15H13ClFN3. The van der Waals surface area contributed by atoms with Gasteiger partial charge in [0.05, 0.1) is 22.4 Å². The quantitative estimate of drug-likeness (QED) is 0.707. The minimum Gasteiger partial charge on any atom is -0.272 e. The van der Waals surface area contributed by atoms with E-state index in [1.807, 2.05) is 30.8 Å². The van der Waals surface area contributed by atoms with Crippen molar-refractivity contribution in [2.75, 3.05) is 0 Å². The van der Waals surface area contributed by atoms with Crippen LogP contribution in [-0.4, -0.2) is 14.8 Å². The summed E-state index contributed by atoms with van der Waals surface area (Å²) in [7, 11) is 0. The summed E-state index contributed by atoms with van der Waals surface area (Å²) in [4.78, 5) is 4.50. The Morgan fingerprint density at radius 1 is 1.30 bits per heavy atom. The van der Waals surface area contributed by atoms with Gasteiger partial charge in [0.1, 0.15) is 5.82 Å². The fourth-order valence-corrected chi connectivity index (χ4v) is 2.37. The molecule has 0 unspecified atom stereocenters. The average molecular weight is 290 g/mol. The van der Waals surface area contributed by atoms with Gasteiger partial charge in [-0.2, -0.15) is 5.10 Å². The zero-order valence-corrected chi connectivity index (χ0v) is 11.9. The van der Waals surface area contributed by atoms with Gasteiger partial charge in [-0.3, -0.25) is 4.68 Å². The summed E-state index contributed by atoms with van der Waals surface area (Å²) >= 11 is 5.82. The highest BCUT2D eigenvalue weighted by atomic mass is 35.5. The van der Waals surface area contributed by atoms with Gasteiger partial charge < -0.3 is 0 Å². The Morgan fingerprint density at radius 2 is 2.10 bits per heavy atom. The highest BCUT2D eigenvalue weighted by Crippen LogP contribution is 2.28. The molecule has 3 aromatic rings. The first kappa shape index (κ1) is 13.1. The first-order valence-corrected chi connectivity index (χ1v) is 6.75. The van der Waals surface area contributed by atoms with Crippen molar-refractivity contribution in [1.29, 1.82) is 0 Å². The lowest BCUT2D eigenvalue weighted by Crippen LogP contribution is -1.92. The number of nitrogens with zero attached hydrogens (tertiary/aromatic N) is 3. The van der Waals surface area contributed by atoms with Crippen molar-refractivity contribution >= 4 is 22.5 Å². The van der Waals surface area contributed by atoms with E-state index in [0.29, 0.717) is 5.52 Å². The number of benzene rings is 1. The smallest absolute Gasteiger partial charge is 0.143 e. The van der Waals surface area contributed by atoms with E-state index >= 15 is 0 Å². The first-order chi connectivity index (χ1) is 9.58. The summed E-state index contributed by atoms with van der Waals surface area (Å²) in [6.45, 7) is 4.79. The van der Waals surface area contributed by atoms with Gasteiger partial charge in [0, 0.05) is 29.8 Å². The molecule has 20 heavy (non-hydrogen) atoms.